The largest absolute Gasteiger partial charge is 0.353 e. The van der Waals surface area contributed by atoms with E-state index in [1.165, 1.54) is 0 Å². The second-order valence-electron chi connectivity index (χ2n) is 4.25. The Morgan fingerprint density at radius 1 is 1.56 bits per heavy atom. The lowest BCUT2D eigenvalue weighted by Gasteiger charge is -2.27. The lowest BCUT2D eigenvalue weighted by molar-refractivity contribution is -0.134. The van der Waals surface area contributed by atoms with Gasteiger partial charge in [0, 0.05) is 19.8 Å². The quantitative estimate of drug-likeness (QED) is 0.729. The molecule has 18 heavy (non-hydrogen) atoms. The van der Waals surface area contributed by atoms with Gasteiger partial charge in [0.15, 0.2) is 0 Å². The molecule has 2 heterocycles. The Morgan fingerprint density at radius 3 is 3.00 bits per heavy atom. The van der Waals surface area contributed by atoms with Gasteiger partial charge in [-0.1, -0.05) is 6.07 Å². The summed E-state index contributed by atoms with van der Waals surface area (Å²) in [5, 5.41) is 5.58. The number of aromatic nitrogens is 1. The third-order valence-electron chi connectivity index (χ3n) is 2.81. The predicted octanol–water partition coefficient (Wildman–Crippen LogP) is -0.872. The zero-order valence-corrected chi connectivity index (χ0v) is 10.2. The maximum atomic E-state index is 12.1. The van der Waals surface area contributed by atoms with Crippen LogP contribution in [0.4, 0.5) is 0 Å². The van der Waals surface area contributed by atoms with Gasteiger partial charge in [-0.25, -0.2) is 0 Å². The van der Waals surface area contributed by atoms with Crippen molar-refractivity contribution in [2.75, 3.05) is 20.1 Å². The number of nitrogens with one attached hydrogen (secondary N) is 2. The molecule has 2 amide bonds. The van der Waals surface area contributed by atoms with E-state index in [1.54, 1.807) is 18.1 Å². The van der Waals surface area contributed by atoms with Crippen molar-refractivity contribution in [3.05, 3.63) is 30.1 Å². The maximum Gasteiger partial charge on any atom is 0.241 e. The van der Waals surface area contributed by atoms with Gasteiger partial charge >= 0.3 is 0 Å². The predicted molar refractivity (Wildman–Crippen MR) is 65.5 cm³/mol. The normalized spacial score (nSPS) is 19.2. The Kier molecular flexibility index (Phi) is 3.88. The Labute approximate surface area is 105 Å². The number of carbonyl (C=O) groups excluding carboxylic acids is 2. The molecule has 0 saturated carbocycles. The molecule has 96 valence electrons. The van der Waals surface area contributed by atoms with Crippen LogP contribution in [0.2, 0.25) is 0 Å². The molecule has 1 unspecified atom stereocenters. The highest BCUT2D eigenvalue weighted by molar-refractivity contribution is 5.86. The number of pyridine rings is 1. The zero-order valence-electron chi connectivity index (χ0n) is 10.2. The van der Waals surface area contributed by atoms with Crippen LogP contribution >= 0.6 is 0 Å². The summed E-state index contributed by atoms with van der Waals surface area (Å²) in [6, 6.07) is 5.25. The Morgan fingerprint density at radius 2 is 2.39 bits per heavy atom. The summed E-state index contributed by atoms with van der Waals surface area (Å²) >= 11 is 0. The summed E-state index contributed by atoms with van der Waals surface area (Å²) in [7, 11) is 1.73. The van der Waals surface area contributed by atoms with Crippen LogP contribution in [0.5, 0.6) is 0 Å². The van der Waals surface area contributed by atoms with E-state index in [0.717, 1.165) is 5.69 Å². The fraction of sp³-hybridized carbons (Fsp3) is 0.417. The van der Waals surface area contributed by atoms with Crippen molar-refractivity contribution in [2.45, 2.75) is 12.6 Å². The van der Waals surface area contributed by atoms with Crippen LogP contribution in [0.15, 0.2) is 24.4 Å². The van der Waals surface area contributed by atoms with E-state index < -0.39 is 0 Å². The van der Waals surface area contributed by atoms with Crippen molar-refractivity contribution < 1.29 is 9.59 Å². The number of piperazine rings is 1. The Bertz CT molecular complexity index is 425. The maximum absolute atomic E-state index is 12.1. The van der Waals surface area contributed by atoms with Crippen LogP contribution in [0.25, 0.3) is 0 Å². The Hall–Kier alpha value is -1.95. The van der Waals surface area contributed by atoms with E-state index in [9.17, 15) is 9.59 Å². The second kappa shape index (κ2) is 5.59. The minimum Gasteiger partial charge on any atom is -0.353 e. The molecule has 1 aliphatic heterocycles. The Balaban J connectivity index is 1.91. The van der Waals surface area contributed by atoms with Crippen molar-refractivity contribution in [1.82, 2.24) is 20.5 Å². The molecule has 2 N–H and O–H groups in total. The molecule has 1 aliphatic rings. The van der Waals surface area contributed by atoms with Gasteiger partial charge in [0.1, 0.15) is 6.04 Å². The first-order valence-corrected chi connectivity index (χ1v) is 5.82. The minimum atomic E-state index is -0.351. The van der Waals surface area contributed by atoms with Crippen LogP contribution in [-0.2, 0) is 16.1 Å². The fourth-order valence-corrected chi connectivity index (χ4v) is 1.82. The van der Waals surface area contributed by atoms with Gasteiger partial charge < -0.3 is 10.2 Å². The van der Waals surface area contributed by atoms with Crippen LogP contribution in [0, 0.1) is 0 Å². The molecule has 0 aromatic carbocycles. The molecule has 6 heteroatoms. The SMILES string of the molecule is CN(Cc1ccccn1)C(=O)C1CNC(=O)CN1. The van der Waals surface area contributed by atoms with Crippen LogP contribution in [0.1, 0.15) is 5.69 Å². The molecule has 0 radical (unpaired) electrons. The average Bonchev–Trinajstić information content (AvgIpc) is 2.40. The lowest BCUT2D eigenvalue weighted by atomic mass is 10.2. The average molecular weight is 248 g/mol. The van der Waals surface area contributed by atoms with Gasteiger partial charge in [-0.2, -0.15) is 0 Å². The molecule has 6 nitrogen and oxygen atoms in total. The second-order valence-corrected chi connectivity index (χ2v) is 4.25. The summed E-state index contributed by atoms with van der Waals surface area (Å²) in [6.45, 7) is 0.990. The lowest BCUT2D eigenvalue weighted by Crippen LogP contribution is -2.58. The molecule has 1 fully saturated rings. The smallest absolute Gasteiger partial charge is 0.241 e. The van der Waals surface area contributed by atoms with Crippen LogP contribution in [0.3, 0.4) is 0 Å². The number of hydrogen-bond acceptors (Lipinski definition) is 4. The molecule has 1 saturated heterocycles. The highest BCUT2D eigenvalue weighted by Gasteiger charge is 2.26. The van der Waals surface area contributed by atoms with Crippen molar-refractivity contribution in [3.63, 3.8) is 0 Å². The third kappa shape index (κ3) is 3.04. The van der Waals surface area contributed by atoms with E-state index in [-0.39, 0.29) is 24.4 Å². The number of likely N-dealkylation sites (N-methyl/N-ethyl adjacent to an activating group) is 1. The van der Waals surface area contributed by atoms with Crippen LogP contribution < -0.4 is 10.6 Å². The first-order valence-electron chi connectivity index (χ1n) is 5.82. The summed E-state index contributed by atoms with van der Waals surface area (Å²) in [5.74, 6) is -0.118. The molecule has 1 aromatic heterocycles. The van der Waals surface area contributed by atoms with Crippen molar-refractivity contribution >= 4 is 11.8 Å². The zero-order chi connectivity index (χ0) is 13.0. The molecule has 1 aromatic rings. The van der Waals surface area contributed by atoms with Crippen molar-refractivity contribution in [3.8, 4) is 0 Å². The molecule has 0 bridgehead atoms. The number of hydrogen-bond donors (Lipinski definition) is 2. The fourth-order valence-electron chi connectivity index (χ4n) is 1.82. The molecule has 0 aliphatic carbocycles. The molecular weight excluding hydrogens is 232 g/mol. The van der Waals surface area contributed by atoms with Gasteiger partial charge in [0.2, 0.25) is 11.8 Å². The molecule has 2 rings (SSSR count). The van der Waals surface area contributed by atoms with Gasteiger partial charge in [-0.3, -0.25) is 19.9 Å². The highest BCUT2D eigenvalue weighted by Crippen LogP contribution is 2.02. The van der Waals surface area contributed by atoms with Crippen LogP contribution in [-0.4, -0.2) is 47.9 Å². The molecular formula is C12H16N4O2. The first-order chi connectivity index (χ1) is 8.66. The molecule has 1 atom stereocenters. The number of nitrogens with zero attached hydrogens (tertiary/aromatic N) is 2. The van der Waals surface area contributed by atoms with E-state index in [1.807, 2.05) is 18.2 Å². The summed E-state index contributed by atoms with van der Waals surface area (Å²) in [6.07, 6.45) is 1.70. The summed E-state index contributed by atoms with van der Waals surface area (Å²) in [4.78, 5) is 28.9. The van der Waals surface area contributed by atoms with Gasteiger partial charge in [0.25, 0.3) is 0 Å². The standard InChI is InChI=1S/C12H16N4O2/c1-16(8-9-4-2-3-5-13-9)12(18)10-6-15-11(17)7-14-10/h2-5,10,14H,6-8H2,1H3,(H,15,17). The highest BCUT2D eigenvalue weighted by atomic mass is 16.2. The first kappa shape index (κ1) is 12.5. The monoisotopic (exact) mass is 248 g/mol. The van der Waals surface area contributed by atoms with E-state index in [2.05, 4.69) is 15.6 Å². The van der Waals surface area contributed by atoms with Crippen molar-refractivity contribution in [1.29, 1.82) is 0 Å². The van der Waals surface area contributed by atoms with Gasteiger partial charge in [-0.05, 0) is 12.1 Å². The van der Waals surface area contributed by atoms with Gasteiger partial charge in [0.05, 0.1) is 18.8 Å². The minimum absolute atomic E-state index is 0.0411. The summed E-state index contributed by atoms with van der Waals surface area (Å²) < 4.78 is 0. The number of rotatable bonds is 3. The number of amides is 2. The summed E-state index contributed by atoms with van der Waals surface area (Å²) in [5.41, 5.74) is 0.841. The van der Waals surface area contributed by atoms with E-state index in [4.69, 9.17) is 0 Å². The topological polar surface area (TPSA) is 74.3 Å². The molecule has 0 spiro atoms. The van der Waals surface area contributed by atoms with E-state index >= 15 is 0 Å². The third-order valence-corrected chi connectivity index (χ3v) is 2.81. The number of carbonyl (C=O) groups is 2. The van der Waals surface area contributed by atoms with Crippen molar-refractivity contribution in [2.24, 2.45) is 0 Å². The van der Waals surface area contributed by atoms with E-state index in [0.29, 0.717) is 13.1 Å². The van der Waals surface area contributed by atoms with Gasteiger partial charge in [-0.15, -0.1) is 0 Å².